The van der Waals surface area contributed by atoms with Gasteiger partial charge in [0, 0.05) is 25.5 Å². The van der Waals surface area contributed by atoms with Gasteiger partial charge < -0.3 is 10.6 Å². The Morgan fingerprint density at radius 1 is 1.44 bits per heavy atom. The zero-order chi connectivity index (χ0) is 12.2. The largest absolute Gasteiger partial charge is 0.330 e. The molecule has 0 bridgehead atoms. The lowest BCUT2D eigenvalue weighted by molar-refractivity contribution is 0.209. The topological polar surface area (TPSA) is 42.2 Å². The van der Waals surface area contributed by atoms with E-state index >= 15 is 0 Å². The number of aromatic nitrogens is 1. The first-order chi connectivity index (χ1) is 7.44. The van der Waals surface area contributed by atoms with Crippen LogP contribution in [0.25, 0.3) is 0 Å². The predicted octanol–water partition coefficient (Wildman–Crippen LogP) is 1.81. The number of nitrogens with zero attached hydrogens (tertiary/aromatic N) is 2. The summed E-state index contributed by atoms with van der Waals surface area (Å²) in [5.74, 6) is 0. The Morgan fingerprint density at radius 3 is 2.69 bits per heavy atom. The smallest absolute Gasteiger partial charge is 0.0315 e. The first-order valence-corrected chi connectivity index (χ1v) is 5.73. The summed E-state index contributed by atoms with van der Waals surface area (Å²) in [5, 5.41) is 0. The highest BCUT2D eigenvalue weighted by Gasteiger charge is 2.18. The van der Waals surface area contributed by atoms with E-state index in [2.05, 4.69) is 43.8 Å². The van der Waals surface area contributed by atoms with Gasteiger partial charge in [0.05, 0.1) is 0 Å². The second-order valence-corrected chi connectivity index (χ2v) is 5.34. The minimum atomic E-state index is 0.171. The van der Waals surface area contributed by atoms with E-state index in [1.807, 2.05) is 12.4 Å². The van der Waals surface area contributed by atoms with Gasteiger partial charge in [-0.2, -0.15) is 0 Å². The summed E-state index contributed by atoms with van der Waals surface area (Å²) in [6, 6.07) is 2.05. The molecule has 0 aliphatic rings. The van der Waals surface area contributed by atoms with Gasteiger partial charge in [0.2, 0.25) is 0 Å². The number of rotatable bonds is 5. The molecule has 1 aromatic heterocycles. The monoisotopic (exact) mass is 221 g/mol. The molecule has 1 heterocycles. The fourth-order valence-electron chi connectivity index (χ4n) is 1.80. The van der Waals surface area contributed by atoms with Crippen molar-refractivity contribution in [1.82, 2.24) is 9.88 Å². The Morgan fingerprint density at radius 2 is 2.12 bits per heavy atom. The zero-order valence-electron chi connectivity index (χ0n) is 10.8. The molecule has 16 heavy (non-hydrogen) atoms. The van der Waals surface area contributed by atoms with Gasteiger partial charge in [-0.25, -0.2) is 0 Å². The maximum atomic E-state index is 5.74. The van der Waals surface area contributed by atoms with Crippen molar-refractivity contribution in [2.24, 2.45) is 11.1 Å². The van der Waals surface area contributed by atoms with Crippen LogP contribution in [0.5, 0.6) is 0 Å². The number of hydrogen-bond acceptors (Lipinski definition) is 3. The summed E-state index contributed by atoms with van der Waals surface area (Å²) in [6.07, 6.45) is 3.78. The molecule has 1 aromatic rings. The highest BCUT2D eigenvalue weighted by atomic mass is 15.1. The van der Waals surface area contributed by atoms with Crippen molar-refractivity contribution >= 4 is 0 Å². The number of nitrogens with two attached hydrogens (primary N) is 1. The molecule has 0 radical (unpaired) electrons. The fourth-order valence-corrected chi connectivity index (χ4v) is 1.80. The Kier molecular flexibility index (Phi) is 4.44. The Hall–Kier alpha value is -0.930. The lowest BCUT2D eigenvalue weighted by atomic mass is 9.93. The highest BCUT2D eigenvalue weighted by Crippen LogP contribution is 2.16. The van der Waals surface area contributed by atoms with Gasteiger partial charge >= 0.3 is 0 Å². The first kappa shape index (κ1) is 13.1. The predicted molar refractivity (Wildman–Crippen MR) is 68.1 cm³/mol. The van der Waals surface area contributed by atoms with Crippen LogP contribution in [0.2, 0.25) is 0 Å². The van der Waals surface area contributed by atoms with Crippen molar-refractivity contribution in [3.63, 3.8) is 0 Å². The van der Waals surface area contributed by atoms with E-state index in [1.165, 1.54) is 11.1 Å². The number of hydrogen-bond donors (Lipinski definition) is 1. The summed E-state index contributed by atoms with van der Waals surface area (Å²) in [7, 11) is 2.13. The van der Waals surface area contributed by atoms with Crippen LogP contribution in [0.4, 0.5) is 0 Å². The SMILES string of the molecule is Cc1ccncc1CN(C)CC(C)(C)CN. The van der Waals surface area contributed by atoms with Gasteiger partial charge in [0.25, 0.3) is 0 Å². The van der Waals surface area contributed by atoms with Crippen molar-refractivity contribution in [1.29, 1.82) is 0 Å². The molecule has 0 aromatic carbocycles. The van der Waals surface area contributed by atoms with Crippen LogP contribution in [-0.2, 0) is 6.54 Å². The van der Waals surface area contributed by atoms with Gasteiger partial charge in [-0.15, -0.1) is 0 Å². The first-order valence-electron chi connectivity index (χ1n) is 5.73. The van der Waals surface area contributed by atoms with Gasteiger partial charge in [0.15, 0.2) is 0 Å². The molecular weight excluding hydrogens is 198 g/mol. The van der Waals surface area contributed by atoms with Crippen molar-refractivity contribution in [3.05, 3.63) is 29.6 Å². The lowest BCUT2D eigenvalue weighted by Gasteiger charge is -2.29. The molecule has 3 nitrogen and oxygen atoms in total. The fraction of sp³-hybridized carbons (Fsp3) is 0.615. The number of aryl methyl sites for hydroxylation is 1. The third kappa shape index (κ3) is 3.91. The third-order valence-corrected chi connectivity index (χ3v) is 2.84. The van der Waals surface area contributed by atoms with E-state index in [1.54, 1.807) is 0 Å². The van der Waals surface area contributed by atoms with Gasteiger partial charge in [-0.05, 0) is 43.1 Å². The highest BCUT2D eigenvalue weighted by molar-refractivity contribution is 5.21. The molecule has 0 amide bonds. The molecule has 90 valence electrons. The van der Waals surface area contributed by atoms with Gasteiger partial charge in [-0.3, -0.25) is 4.98 Å². The Balaban J connectivity index is 2.58. The molecule has 0 aliphatic carbocycles. The molecule has 0 saturated carbocycles. The van der Waals surface area contributed by atoms with E-state index in [-0.39, 0.29) is 5.41 Å². The third-order valence-electron chi connectivity index (χ3n) is 2.84. The lowest BCUT2D eigenvalue weighted by Crippen LogP contribution is -2.36. The second-order valence-electron chi connectivity index (χ2n) is 5.34. The summed E-state index contributed by atoms with van der Waals surface area (Å²) in [6.45, 7) is 9.16. The summed E-state index contributed by atoms with van der Waals surface area (Å²) >= 11 is 0. The van der Waals surface area contributed by atoms with E-state index < -0.39 is 0 Å². The molecule has 0 saturated heterocycles. The zero-order valence-corrected chi connectivity index (χ0v) is 10.8. The molecular formula is C13H23N3. The van der Waals surface area contributed by atoms with Crippen LogP contribution in [0.3, 0.4) is 0 Å². The average molecular weight is 221 g/mol. The Bertz CT molecular complexity index is 334. The summed E-state index contributed by atoms with van der Waals surface area (Å²) < 4.78 is 0. The minimum Gasteiger partial charge on any atom is -0.330 e. The normalized spacial score (nSPS) is 12.1. The molecule has 3 heteroatoms. The van der Waals surface area contributed by atoms with Crippen molar-refractivity contribution in [2.45, 2.75) is 27.3 Å². The van der Waals surface area contributed by atoms with E-state index in [4.69, 9.17) is 5.73 Å². The molecule has 0 fully saturated rings. The summed E-state index contributed by atoms with van der Waals surface area (Å²) in [5.41, 5.74) is 8.50. The van der Waals surface area contributed by atoms with Crippen LogP contribution in [0.15, 0.2) is 18.5 Å². The number of pyridine rings is 1. The van der Waals surface area contributed by atoms with Crippen LogP contribution >= 0.6 is 0 Å². The van der Waals surface area contributed by atoms with Gasteiger partial charge in [0.1, 0.15) is 0 Å². The van der Waals surface area contributed by atoms with Crippen LogP contribution in [-0.4, -0.2) is 30.0 Å². The molecule has 0 atom stereocenters. The average Bonchev–Trinajstić information content (AvgIpc) is 2.21. The maximum absolute atomic E-state index is 5.74. The minimum absolute atomic E-state index is 0.171. The van der Waals surface area contributed by atoms with Crippen LogP contribution in [0.1, 0.15) is 25.0 Å². The molecule has 0 aliphatic heterocycles. The second kappa shape index (κ2) is 5.41. The van der Waals surface area contributed by atoms with E-state index in [0.29, 0.717) is 6.54 Å². The van der Waals surface area contributed by atoms with Crippen molar-refractivity contribution in [3.8, 4) is 0 Å². The quantitative estimate of drug-likeness (QED) is 0.824. The van der Waals surface area contributed by atoms with Gasteiger partial charge in [-0.1, -0.05) is 13.8 Å². The summed E-state index contributed by atoms with van der Waals surface area (Å²) in [4.78, 5) is 6.47. The molecule has 0 spiro atoms. The Labute approximate surface area is 98.7 Å². The van der Waals surface area contributed by atoms with Crippen LogP contribution < -0.4 is 5.73 Å². The molecule has 2 N–H and O–H groups in total. The maximum Gasteiger partial charge on any atom is 0.0315 e. The van der Waals surface area contributed by atoms with E-state index in [0.717, 1.165) is 13.1 Å². The van der Waals surface area contributed by atoms with Crippen molar-refractivity contribution in [2.75, 3.05) is 20.1 Å². The van der Waals surface area contributed by atoms with Crippen molar-refractivity contribution < 1.29 is 0 Å². The van der Waals surface area contributed by atoms with E-state index in [9.17, 15) is 0 Å². The van der Waals surface area contributed by atoms with Crippen LogP contribution in [0, 0.1) is 12.3 Å². The molecule has 1 rings (SSSR count). The molecule has 0 unspecified atom stereocenters. The standard InChI is InChI=1S/C13H23N3/c1-11-5-6-15-7-12(11)8-16(4)10-13(2,3)9-14/h5-7H,8-10,14H2,1-4H3.